The Hall–Kier alpha value is -2.21. The van der Waals surface area contributed by atoms with Crippen LogP contribution in [0.3, 0.4) is 0 Å². The number of nitrogens with zero attached hydrogens (tertiary/aromatic N) is 1. The molecule has 0 spiro atoms. The van der Waals surface area contributed by atoms with Crippen LogP contribution in [0.5, 0.6) is 0 Å². The van der Waals surface area contributed by atoms with E-state index in [4.69, 9.17) is 4.74 Å². The maximum Gasteiger partial charge on any atom is 0.328 e. The van der Waals surface area contributed by atoms with E-state index in [2.05, 4.69) is 24.1 Å². The normalized spacial score (nSPS) is 12.0. The molecule has 0 aliphatic rings. The monoisotopic (exact) mass is 374 g/mol. The topological polar surface area (TPSA) is 68.3 Å². The van der Waals surface area contributed by atoms with Crippen LogP contribution in [0.1, 0.15) is 48.5 Å². The first-order valence-corrected chi connectivity index (χ1v) is 9.72. The van der Waals surface area contributed by atoms with E-state index < -0.39 is 12.0 Å². The van der Waals surface area contributed by atoms with E-state index in [1.807, 2.05) is 36.6 Å². The lowest BCUT2D eigenvalue weighted by molar-refractivity contribution is -0.147. The van der Waals surface area contributed by atoms with Crippen LogP contribution in [0.2, 0.25) is 0 Å². The van der Waals surface area contributed by atoms with Gasteiger partial charge in [0.15, 0.2) is 0 Å². The number of hydrogen-bond acceptors (Lipinski definition) is 5. The first-order chi connectivity index (χ1) is 12.4. The van der Waals surface area contributed by atoms with Gasteiger partial charge in [-0.1, -0.05) is 43.7 Å². The third-order valence-corrected chi connectivity index (χ3v) is 5.07. The maximum atomic E-state index is 12.4. The molecule has 1 aromatic heterocycles. The highest BCUT2D eigenvalue weighted by atomic mass is 32.1. The van der Waals surface area contributed by atoms with Gasteiger partial charge < -0.3 is 10.1 Å². The summed E-state index contributed by atoms with van der Waals surface area (Å²) in [7, 11) is 0. The molecule has 140 valence electrons. The first-order valence-electron chi connectivity index (χ1n) is 8.84. The first kappa shape index (κ1) is 20.1. The fourth-order valence-electron chi connectivity index (χ4n) is 2.47. The Balaban J connectivity index is 2.03. The van der Waals surface area contributed by atoms with Crippen LogP contribution < -0.4 is 5.32 Å². The zero-order valence-corrected chi connectivity index (χ0v) is 16.6. The minimum absolute atomic E-state index is 0.160. The highest BCUT2D eigenvalue weighted by Gasteiger charge is 2.23. The number of aromatic nitrogens is 1. The molecule has 1 aromatic carbocycles. The van der Waals surface area contributed by atoms with Crippen LogP contribution >= 0.6 is 11.3 Å². The Morgan fingerprint density at radius 1 is 1.23 bits per heavy atom. The third-order valence-electron chi connectivity index (χ3n) is 3.87. The lowest BCUT2D eigenvalue weighted by Crippen LogP contribution is -2.44. The van der Waals surface area contributed by atoms with Crippen molar-refractivity contribution in [2.75, 3.05) is 6.61 Å². The molecule has 0 aliphatic carbocycles. The molecule has 0 aliphatic heterocycles. The highest BCUT2D eigenvalue weighted by Crippen LogP contribution is 2.19. The van der Waals surface area contributed by atoms with E-state index in [1.54, 1.807) is 18.3 Å². The summed E-state index contributed by atoms with van der Waals surface area (Å²) < 4.78 is 5.12. The molecule has 0 fully saturated rings. The standard InChI is InChI=1S/C20H26N2O3S/c1-5-25-20(24)17(10-15-8-6-14(4)7-9-15)22-18(23)11-16-12-26-19(21-16)13(2)3/h6-9,12-13,17H,5,10-11H2,1-4H3,(H,22,23). The summed E-state index contributed by atoms with van der Waals surface area (Å²) in [5.41, 5.74) is 2.86. The second-order valence-corrected chi connectivity index (χ2v) is 7.46. The summed E-state index contributed by atoms with van der Waals surface area (Å²) >= 11 is 1.55. The molecular weight excluding hydrogens is 348 g/mol. The summed E-state index contributed by atoms with van der Waals surface area (Å²) in [5, 5.41) is 5.71. The Labute approximate surface area is 158 Å². The number of thiazole rings is 1. The van der Waals surface area contributed by atoms with Crippen molar-refractivity contribution in [3.8, 4) is 0 Å². The Kier molecular flexibility index (Phi) is 7.33. The summed E-state index contributed by atoms with van der Waals surface area (Å²) in [6.45, 7) is 8.18. The van der Waals surface area contributed by atoms with Gasteiger partial charge in [0.1, 0.15) is 6.04 Å². The van der Waals surface area contributed by atoms with Crippen molar-refractivity contribution in [3.05, 3.63) is 51.5 Å². The van der Waals surface area contributed by atoms with Crippen molar-refractivity contribution in [2.45, 2.75) is 52.5 Å². The Bertz CT molecular complexity index is 738. The van der Waals surface area contributed by atoms with Crippen LogP contribution in [0.15, 0.2) is 29.6 Å². The Morgan fingerprint density at radius 2 is 1.92 bits per heavy atom. The van der Waals surface area contributed by atoms with Crippen LogP contribution in [0, 0.1) is 6.92 Å². The fourth-order valence-corrected chi connectivity index (χ4v) is 3.31. The molecule has 2 rings (SSSR count). The van der Waals surface area contributed by atoms with Gasteiger partial charge in [-0.15, -0.1) is 11.3 Å². The molecule has 1 atom stereocenters. The van der Waals surface area contributed by atoms with Gasteiger partial charge in [0.2, 0.25) is 5.91 Å². The number of aryl methyl sites for hydroxylation is 1. The van der Waals surface area contributed by atoms with Gasteiger partial charge in [0.25, 0.3) is 0 Å². The number of esters is 1. The lowest BCUT2D eigenvalue weighted by Gasteiger charge is -2.17. The zero-order chi connectivity index (χ0) is 19.1. The highest BCUT2D eigenvalue weighted by molar-refractivity contribution is 7.09. The Morgan fingerprint density at radius 3 is 2.50 bits per heavy atom. The molecule has 0 saturated carbocycles. The van der Waals surface area contributed by atoms with Gasteiger partial charge >= 0.3 is 5.97 Å². The minimum atomic E-state index is -0.701. The minimum Gasteiger partial charge on any atom is -0.464 e. The van der Waals surface area contributed by atoms with Gasteiger partial charge in [0, 0.05) is 17.7 Å². The molecule has 26 heavy (non-hydrogen) atoms. The number of amides is 1. The van der Waals surface area contributed by atoms with Crippen LogP contribution in [-0.4, -0.2) is 29.5 Å². The second-order valence-electron chi connectivity index (χ2n) is 6.57. The number of rotatable bonds is 8. The molecule has 0 radical (unpaired) electrons. The third kappa shape index (κ3) is 5.95. The van der Waals surface area contributed by atoms with Crippen molar-refractivity contribution in [3.63, 3.8) is 0 Å². The average molecular weight is 375 g/mol. The molecule has 2 aromatic rings. The molecule has 1 N–H and O–H groups in total. The number of benzene rings is 1. The van der Waals surface area contributed by atoms with Crippen LogP contribution in [-0.2, 0) is 27.2 Å². The molecule has 5 nitrogen and oxygen atoms in total. The SMILES string of the molecule is CCOC(=O)C(Cc1ccc(C)cc1)NC(=O)Cc1csc(C(C)C)n1. The molecule has 1 amide bonds. The summed E-state index contributed by atoms with van der Waals surface area (Å²) in [5.74, 6) is -0.302. The quantitative estimate of drug-likeness (QED) is 0.719. The molecule has 1 unspecified atom stereocenters. The zero-order valence-electron chi connectivity index (χ0n) is 15.7. The smallest absolute Gasteiger partial charge is 0.328 e. The van der Waals surface area contributed by atoms with Gasteiger partial charge in [-0.3, -0.25) is 4.79 Å². The molecular formula is C20H26N2O3S. The number of carbonyl (C=O) groups excluding carboxylic acids is 2. The van der Waals surface area contributed by atoms with Crippen molar-refractivity contribution in [2.24, 2.45) is 0 Å². The second kappa shape index (κ2) is 9.48. The fraction of sp³-hybridized carbons (Fsp3) is 0.450. The summed E-state index contributed by atoms with van der Waals surface area (Å²) in [6, 6.07) is 7.20. The summed E-state index contributed by atoms with van der Waals surface area (Å²) in [4.78, 5) is 29.1. The predicted molar refractivity (Wildman–Crippen MR) is 103 cm³/mol. The van der Waals surface area contributed by atoms with Crippen molar-refractivity contribution < 1.29 is 14.3 Å². The molecule has 0 bridgehead atoms. The number of nitrogens with one attached hydrogen (secondary N) is 1. The molecule has 0 saturated heterocycles. The largest absolute Gasteiger partial charge is 0.464 e. The van der Waals surface area contributed by atoms with Crippen molar-refractivity contribution >= 4 is 23.2 Å². The summed E-state index contributed by atoms with van der Waals surface area (Å²) in [6.07, 6.45) is 0.562. The van der Waals surface area contributed by atoms with Crippen molar-refractivity contribution in [1.29, 1.82) is 0 Å². The van der Waals surface area contributed by atoms with E-state index in [-0.39, 0.29) is 18.9 Å². The van der Waals surface area contributed by atoms with Gasteiger partial charge in [-0.05, 0) is 19.4 Å². The number of ether oxygens (including phenoxy) is 1. The van der Waals surface area contributed by atoms with Crippen LogP contribution in [0.4, 0.5) is 0 Å². The predicted octanol–water partition coefficient (Wildman–Crippen LogP) is 3.41. The van der Waals surface area contributed by atoms with Crippen LogP contribution in [0.25, 0.3) is 0 Å². The average Bonchev–Trinajstić information content (AvgIpc) is 3.05. The van der Waals surface area contributed by atoms with E-state index >= 15 is 0 Å². The van der Waals surface area contributed by atoms with E-state index in [9.17, 15) is 9.59 Å². The van der Waals surface area contributed by atoms with Gasteiger partial charge in [-0.2, -0.15) is 0 Å². The lowest BCUT2D eigenvalue weighted by atomic mass is 10.0. The van der Waals surface area contributed by atoms with Crippen molar-refractivity contribution in [1.82, 2.24) is 10.3 Å². The van der Waals surface area contributed by atoms with Gasteiger partial charge in [-0.25, -0.2) is 9.78 Å². The number of carbonyl (C=O) groups is 2. The van der Waals surface area contributed by atoms with E-state index in [0.717, 1.165) is 21.8 Å². The maximum absolute atomic E-state index is 12.4. The number of hydrogen-bond donors (Lipinski definition) is 1. The van der Waals surface area contributed by atoms with E-state index in [0.29, 0.717) is 12.3 Å². The molecule has 1 heterocycles. The van der Waals surface area contributed by atoms with Gasteiger partial charge in [0.05, 0.1) is 23.7 Å². The molecule has 6 heteroatoms. The van der Waals surface area contributed by atoms with E-state index in [1.165, 1.54) is 0 Å².